The summed E-state index contributed by atoms with van der Waals surface area (Å²) >= 11 is 0.843. The zero-order chi connectivity index (χ0) is 23.5. The molecule has 1 amide bonds. The van der Waals surface area contributed by atoms with Crippen molar-refractivity contribution in [1.29, 1.82) is 0 Å². The molecule has 1 atom stereocenters. The highest BCUT2D eigenvalue weighted by molar-refractivity contribution is 8.00. The van der Waals surface area contributed by atoms with Crippen LogP contribution in [0.4, 0.5) is 18.9 Å². The molecule has 0 fully saturated rings. The molecule has 32 heavy (non-hydrogen) atoms. The van der Waals surface area contributed by atoms with Gasteiger partial charge in [0, 0.05) is 0 Å². The first-order valence-electron chi connectivity index (χ1n) is 9.32. The van der Waals surface area contributed by atoms with E-state index in [1.54, 1.807) is 24.3 Å². The lowest BCUT2D eigenvalue weighted by atomic mass is 10.1. The second kappa shape index (κ2) is 9.43. The fraction of sp³-hybridized carbons (Fsp3) is 0.238. The summed E-state index contributed by atoms with van der Waals surface area (Å²) in [5.41, 5.74) is -1.50. The van der Waals surface area contributed by atoms with Crippen LogP contribution in [0.25, 0.3) is 10.9 Å². The number of carbonyl (C=O) groups excluding carboxylic acids is 2. The number of alkyl halides is 3. The molecule has 2 aromatic carbocycles. The van der Waals surface area contributed by atoms with Crippen molar-refractivity contribution in [2.45, 2.75) is 30.1 Å². The predicted octanol–water partition coefficient (Wildman–Crippen LogP) is 3.71. The van der Waals surface area contributed by atoms with Crippen molar-refractivity contribution in [2.75, 3.05) is 12.4 Å². The number of para-hydroxylation sites is 2. The van der Waals surface area contributed by atoms with Gasteiger partial charge in [0.25, 0.3) is 5.56 Å². The second-order valence-corrected chi connectivity index (χ2v) is 7.98. The lowest BCUT2D eigenvalue weighted by molar-refractivity contribution is -0.141. The van der Waals surface area contributed by atoms with E-state index in [2.05, 4.69) is 15.0 Å². The van der Waals surface area contributed by atoms with Crippen molar-refractivity contribution < 1.29 is 27.5 Å². The Morgan fingerprint density at radius 3 is 2.50 bits per heavy atom. The molecule has 168 valence electrons. The summed E-state index contributed by atoms with van der Waals surface area (Å²) in [4.78, 5) is 41.7. The standard InChI is InChI=1S/C21H18F3N3O4S/c1-12(18(29)25-16-10-6-4-8-14(16)21(22,23)24)32-20-26-15-9-5-3-7-13(15)19(30)27(20)11-17(28)31-2/h3-10,12H,11H2,1-2H3,(H,25,29). The molecule has 3 aromatic rings. The van der Waals surface area contributed by atoms with Gasteiger partial charge in [-0.2, -0.15) is 13.2 Å². The highest BCUT2D eigenvalue weighted by Crippen LogP contribution is 2.35. The number of esters is 1. The number of nitrogens with zero attached hydrogens (tertiary/aromatic N) is 2. The van der Waals surface area contributed by atoms with E-state index in [1.165, 1.54) is 26.2 Å². The fourth-order valence-electron chi connectivity index (χ4n) is 2.86. The Bertz CT molecular complexity index is 1230. The van der Waals surface area contributed by atoms with Crippen molar-refractivity contribution in [3.05, 3.63) is 64.4 Å². The molecule has 0 bridgehead atoms. The number of ether oxygens (including phenoxy) is 1. The van der Waals surface area contributed by atoms with Gasteiger partial charge in [-0.25, -0.2) is 4.98 Å². The molecule has 0 aliphatic carbocycles. The summed E-state index contributed by atoms with van der Waals surface area (Å²) in [6.07, 6.45) is -4.64. The summed E-state index contributed by atoms with van der Waals surface area (Å²) in [6, 6.07) is 11.1. The molecule has 1 N–H and O–H groups in total. The monoisotopic (exact) mass is 465 g/mol. The van der Waals surface area contributed by atoms with Crippen molar-refractivity contribution in [3.8, 4) is 0 Å². The van der Waals surface area contributed by atoms with Gasteiger partial charge in [-0.3, -0.25) is 19.0 Å². The second-order valence-electron chi connectivity index (χ2n) is 6.67. The Kier molecular flexibility index (Phi) is 6.87. The van der Waals surface area contributed by atoms with E-state index in [-0.39, 0.29) is 16.2 Å². The van der Waals surface area contributed by atoms with Gasteiger partial charge in [0.2, 0.25) is 5.91 Å². The van der Waals surface area contributed by atoms with Crippen molar-refractivity contribution in [2.24, 2.45) is 0 Å². The number of thioether (sulfide) groups is 1. The molecule has 0 saturated carbocycles. The van der Waals surface area contributed by atoms with Crippen LogP contribution in [0.5, 0.6) is 0 Å². The average molecular weight is 465 g/mol. The normalized spacial score (nSPS) is 12.4. The molecule has 3 rings (SSSR count). The first kappa shape index (κ1) is 23.3. The van der Waals surface area contributed by atoms with Crippen LogP contribution in [-0.2, 0) is 27.0 Å². The quantitative estimate of drug-likeness (QED) is 0.339. The maximum atomic E-state index is 13.2. The number of fused-ring (bicyclic) bond motifs is 1. The lowest BCUT2D eigenvalue weighted by Crippen LogP contribution is -2.29. The summed E-state index contributed by atoms with van der Waals surface area (Å²) < 4.78 is 45.3. The predicted molar refractivity (Wildman–Crippen MR) is 113 cm³/mol. The van der Waals surface area contributed by atoms with E-state index in [0.29, 0.717) is 5.52 Å². The minimum Gasteiger partial charge on any atom is -0.468 e. The average Bonchev–Trinajstić information content (AvgIpc) is 2.75. The topological polar surface area (TPSA) is 90.3 Å². The van der Waals surface area contributed by atoms with Crippen LogP contribution in [0.2, 0.25) is 0 Å². The molecule has 0 spiro atoms. The van der Waals surface area contributed by atoms with Crippen molar-refractivity contribution in [3.63, 3.8) is 0 Å². The molecule has 7 nitrogen and oxygen atoms in total. The Morgan fingerprint density at radius 1 is 1.16 bits per heavy atom. The van der Waals surface area contributed by atoms with Crippen LogP contribution >= 0.6 is 11.8 Å². The minimum atomic E-state index is -4.64. The molecule has 0 saturated heterocycles. The van der Waals surface area contributed by atoms with E-state index in [4.69, 9.17) is 0 Å². The van der Waals surface area contributed by atoms with E-state index >= 15 is 0 Å². The maximum Gasteiger partial charge on any atom is 0.418 e. The molecule has 1 aromatic heterocycles. The third-order valence-corrected chi connectivity index (χ3v) is 5.57. The van der Waals surface area contributed by atoms with E-state index in [9.17, 15) is 27.6 Å². The van der Waals surface area contributed by atoms with Crippen molar-refractivity contribution in [1.82, 2.24) is 9.55 Å². The smallest absolute Gasteiger partial charge is 0.418 e. The minimum absolute atomic E-state index is 0.0610. The van der Waals surface area contributed by atoms with E-state index in [0.717, 1.165) is 28.5 Å². The van der Waals surface area contributed by atoms with Gasteiger partial charge >= 0.3 is 12.1 Å². The van der Waals surface area contributed by atoms with E-state index < -0.39 is 41.0 Å². The van der Waals surface area contributed by atoms with Crippen LogP contribution in [0.3, 0.4) is 0 Å². The Labute approximate surface area is 184 Å². The molecule has 0 aliphatic heterocycles. The summed E-state index contributed by atoms with van der Waals surface area (Å²) in [6.45, 7) is 1.03. The van der Waals surface area contributed by atoms with Gasteiger partial charge < -0.3 is 10.1 Å². The zero-order valence-electron chi connectivity index (χ0n) is 17.0. The van der Waals surface area contributed by atoms with Gasteiger partial charge in [0.05, 0.1) is 34.5 Å². The molecule has 0 radical (unpaired) electrons. The van der Waals surface area contributed by atoms with Gasteiger partial charge in [-0.1, -0.05) is 36.0 Å². The molecule has 0 aliphatic rings. The van der Waals surface area contributed by atoms with E-state index in [1.807, 2.05) is 0 Å². The van der Waals surface area contributed by atoms with Gasteiger partial charge in [-0.05, 0) is 31.2 Å². The van der Waals surface area contributed by atoms with Gasteiger partial charge in [0.1, 0.15) is 6.54 Å². The highest BCUT2D eigenvalue weighted by atomic mass is 32.2. The van der Waals surface area contributed by atoms with Crippen LogP contribution in [0, 0.1) is 0 Å². The first-order valence-corrected chi connectivity index (χ1v) is 10.2. The number of nitrogens with one attached hydrogen (secondary N) is 1. The number of amides is 1. The van der Waals surface area contributed by atoms with Crippen LogP contribution in [-0.4, -0.2) is 33.8 Å². The Morgan fingerprint density at radius 2 is 1.81 bits per heavy atom. The van der Waals surface area contributed by atoms with Crippen LogP contribution < -0.4 is 10.9 Å². The van der Waals surface area contributed by atoms with Gasteiger partial charge in [-0.15, -0.1) is 0 Å². The number of hydrogen-bond donors (Lipinski definition) is 1. The van der Waals surface area contributed by atoms with Crippen molar-refractivity contribution >= 4 is 40.2 Å². The number of anilines is 1. The SMILES string of the molecule is COC(=O)Cn1c(SC(C)C(=O)Nc2ccccc2C(F)(F)F)nc2ccccc2c1=O. The number of carbonyl (C=O) groups is 2. The Balaban J connectivity index is 1.92. The lowest BCUT2D eigenvalue weighted by Gasteiger charge is -2.17. The molecule has 1 unspecified atom stereocenters. The van der Waals surface area contributed by atoms with Crippen LogP contribution in [0.1, 0.15) is 12.5 Å². The first-order chi connectivity index (χ1) is 15.1. The number of benzene rings is 2. The third kappa shape index (κ3) is 5.10. The molecule has 11 heteroatoms. The molecular formula is C21H18F3N3O4S. The summed E-state index contributed by atoms with van der Waals surface area (Å²) in [5, 5.41) is 1.67. The molecular weight excluding hydrogens is 447 g/mol. The number of aromatic nitrogens is 2. The summed E-state index contributed by atoms with van der Waals surface area (Å²) in [5.74, 6) is -1.42. The number of hydrogen-bond acceptors (Lipinski definition) is 6. The van der Waals surface area contributed by atoms with Crippen LogP contribution in [0.15, 0.2) is 58.5 Å². The molecule has 1 heterocycles. The third-order valence-electron chi connectivity index (χ3n) is 4.48. The summed E-state index contributed by atoms with van der Waals surface area (Å²) in [7, 11) is 1.17. The fourth-order valence-corrected chi connectivity index (χ4v) is 3.76. The largest absolute Gasteiger partial charge is 0.468 e. The Hall–Kier alpha value is -3.34. The number of rotatable bonds is 6. The number of methoxy groups -OCH3 is 1. The maximum absolute atomic E-state index is 13.2. The highest BCUT2D eigenvalue weighted by Gasteiger charge is 2.34. The zero-order valence-corrected chi connectivity index (χ0v) is 17.8. The number of halogens is 3. The van der Waals surface area contributed by atoms with Gasteiger partial charge in [0.15, 0.2) is 5.16 Å².